The van der Waals surface area contributed by atoms with Crippen molar-refractivity contribution in [2.75, 3.05) is 5.32 Å². The smallest absolute Gasteiger partial charge is 0.171 e. The van der Waals surface area contributed by atoms with Gasteiger partial charge in [0.2, 0.25) is 0 Å². The van der Waals surface area contributed by atoms with Crippen LogP contribution in [-0.2, 0) is 5.54 Å². The second kappa shape index (κ2) is 7.83. The maximum Gasteiger partial charge on any atom is 0.171 e. The number of benzene rings is 1. The molecule has 4 nitrogen and oxygen atoms in total. The van der Waals surface area contributed by atoms with Crippen LogP contribution >= 0.6 is 12.2 Å². The quantitative estimate of drug-likeness (QED) is 0.766. The number of pyridine rings is 1. The van der Waals surface area contributed by atoms with E-state index < -0.39 is 0 Å². The van der Waals surface area contributed by atoms with Crippen molar-refractivity contribution in [2.45, 2.75) is 51.2 Å². The molecule has 3 rings (SSSR count). The molecule has 0 spiro atoms. The van der Waals surface area contributed by atoms with Crippen LogP contribution in [0.4, 0.5) is 5.69 Å². The Morgan fingerprint density at radius 1 is 1.16 bits per heavy atom. The second-order valence-electron chi connectivity index (χ2n) is 6.80. The van der Waals surface area contributed by atoms with Crippen molar-refractivity contribution in [1.82, 2.24) is 10.3 Å². The van der Waals surface area contributed by atoms with Crippen LogP contribution in [-0.4, -0.2) is 16.2 Å². The van der Waals surface area contributed by atoms with Gasteiger partial charge in [0.15, 0.2) is 5.11 Å². The van der Waals surface area contributed by atoms with Crippen LogP contribution in [0.15, 0.2) is 48.8 Å². The van der Waals surface area contributed by atoms with Crippen molar-refractivity contribution in [2.24, 2.45) is 0 Å². The molecule has 0 bridgehead atoms. The number of hydrogen-bond donors (Lipinski definition) is 2. The molecular weight excluding hydrogens is 330 g/mol. The number of ether oxygens (including phenoxy) is 1. The zero-order valence-electron chi connectivity index (χ0n) is 14.8. The number of thiocarbonyl (C=S) groups is 1. The normalized spacial score (nSPS) is 15.8. The van der Waals surface area contributed by atoms with Gasteiger partial charge in [-0.15, -0.1) is 0 Å². The molecule has 5 heteroatoms. The van der Waals surface area contributed by atoms with Gasteiger partial charge in [-0.05, 0) is 74.8 Å². The van der Waals surface area contributed by atoms with Crippen LogP contribution in [0.3, 0.4) is 0 Å². The highest BCUT2D eigenvalue weighted by atomic mass is 32.1. The van der Waals surface area contributed by atoms with Gasteiger partial charge >= 0.3 is 0 Å². The molecule has 1 aliphatic carbocycles. The van der Waals surface area contributed by atoms with E-state index in [0.29, 0.717) is 5.11 Å². The first-order valence-electron chi connectivity index (χ1n) is 8.84. The second-order valence-corrected chi connectivity index (χ2v) is 7.21. The molecule has 1 saturated carbocycles. The van der Waals surface area contributed by atoms with Crippen molar-refractivity contribution in [1.29, 1.82) is 0 Å². The molecule has 1 aromatic heterocycles. The summed E-state index contributed by atoms with van der Waals surface area (Å²) in [7, 11) is 0. The lowest BCUT2D eigenvalue weighted by molar-refractivity contribution is 0.242. The Balaban J connectivity index is 1.66. The van der Waals surface area contributed by atoms with E-state index in [1.165, 1.54) is 18.4 Å². The summed E-state index contributed by atoms with van der Waals surface area (Å²) in [6.45, 7) is 4.04. The Hall–Kier alpha value is -2.14. The first-order chi connectivity index (χ1) is 12.1. The van der Waals surface area contributed by atoms with Gasteiger partial charge in [0.05, 0.1) is 11.6 Å². The monoisotopic (exact) mass is 355 g/mol. The first-order valence-corrected chi connectivity index (χ1v) is 9.25. The number of hydrogen-bond acceptors (Lipinski definition) is 3. The standard InChI is InChI=1S/C20H25N3OS/c1-15(2)24-18-9-7-17(8-10-18)22-19(25)23-20(11-3-4-12-20)16-6-5-13-21-14-16/h5-10,13-15H,3-4,11-12H2,1-2H3,(H2,22,23,25). The Labute approximate surface area is 155 Å². The van der Waals surface area contributed by atoms with Crippen molar-refractivity contribution in [3.05, 3.63) is 54.4 Å². The lowest BCUT2D eigenvalue weighted by atomic mass is 9.89. The van der Waals surface area contributed by atoms with E-state index in [0.717, 1.165) is 24.3 Å². The van der Waals surface area contributed by atoms with Crippen molar-refractivity contribution < 1.29 is 4.74 Å². The topological polar surface area (TPSA) is 46.2 Å². The molecule has 1 aromatic carbocycles. The Kier molecular flexibility index (Phi) is 5.53. The third-order valence-electron chi connectivity index (χ3n) is 4.51. The molecule has 0 saturated heterocycles. The zero-order chi connectivity index (χ0) is 17.7. The minimum absolute atomic E-state index is 0.112. The lowest BCUT2D eigenvalue weighted by Crippen LogP contribution is -2.45. The molecule has 0 unspecified atom stereocenters. The van der Waals surface area contributed by atoms with Crippen molar-refractivity contribution in [3.8, 4) is 5.75 Å². The number of aromatic nitrogens is 1. The number of nitrogens with one attached hydrogen (secondary N) is 2. The van der Waals surface area contributed by atoms with Gasteiger partial charge in [-0.25, -0.2) is 0 Å². The summed E-state index contributed by atoms with van der Waals surface area (Å²) < 4.78 is 5.67. The molecule has 0 aliphatic heterocycles. The third kappa shape index (κ3) is 4.48. The zero-order valence-corrected chi connectivity index (χ0v) is 15.6. The highest BCUT2D eigenvalue weighted by Crippen LogP contribution is 2.38. The van der Waals surface area contributed by atoms with Gasteiger partial charge < -0.3 is 15.4 Å². The van der Waals surface area contributed by atoms with E-state index in [4.69, 9.17) is 17.0 Å². The number of rotatable bonds is 5. The SMILES string of the molecule is CC(C)Oc1ccc(NC(=S)NC2(c3cccnc3)CCCC2)cc1. The summed E-state index contributed by atoms with van der Waals surface area (Å²) >= 11 is 5.57. The summed E-state index contributed by atoms with van der Waals surface area (Å²) in [5, 5.41) is 7.48. The Morgan fingerprint density at radius 3 is 2.48 bits per heavy atom. The number of nitrogens with zero attached hydrogens (tertiary/aromatic N) is 1. The molecule has 0 radical (unpaired) electrons. The van der Waals surface area contributed by atoms with Gasteiger partial charge in [0, 0.05) is 18.1 Å². The molecule has 2 aromatic rings. The average Bonchev–Trinajstić information content (AvgIpc) is 3.06. The van der Waals surface area contributed by atoms with Crippen LogP contribution in [0.2, 0.25) is 0 Å². The van der Waals surface area contributed by atoms with Crippen molar-refractivity contribution in [3.63, 3.8) is 0 Å². The maximum absolute atomic E-state index is 5.67. The fourth-order valence-electron chi connectivity index (χ4n) is 3.38. The Morgan fingerprint density at radius 2 is 1.88 bits per heavy atom. The predicted molar refractivity (Wildman–Crippen MR) is 106 cm³/mol. The maximum atomic E-state index is 5.67. The fraction of sp³-hybridized carbons (Fsp3) is 0.400. The van der Waals surface area contributed by atoms with E-state index >= 15 is 0 Å². The van der Waals surface area contributed by atoms with E-state index in [1.807, 2.05) is 56.6 Å². The first kappa shape index (κ1) is 17.7. The summed E-state index contributed by atoms with van der Waals surface area (Å²) in [6.07, 6.45) is 8.46. The molecule has 1 fully saturated rings. The lowest BCUT2D eigenvalue weighted by Gasteiger charge is -2.32. The van der Waals surface area contributed by atoms with E-state index in [1.54, 1.807) is 0 Å². The van der Waals surface area contributed by atoms with Crippen molar-refractivity contribution >= 4 is 23.0 Å². The van der Waals surface area contributed by atoms with Crippen LogP contribution in [0.5, 0.6) is 5.75 Å². The number of anilines is 1. The molecular formula is C20H25N3OS. The highest BCUT2D eigenvalue weighted by molar-refractivity contribution is 7.80. The van der Waals surface area contributed by atoms with Crippen LogP contribution in [0, 0.1) is 0 Å². The summed E-state index contributed by atoms with van der Waals surface area (Å²) in [6, 6.07) is 12.0. The minimum atomic E-state index is -0.112. The summed E-state index contributed by atoms with van der Waals surface area (Å²) in [5.74, 6) is 0.863. The van der Waals surface area contributed by atoms with Gasteiger partial charge in [0.1, 0.15) is 5.75 Å². The Bertz CT molecular complexity index is 695. The van der Waals surface area contributed by atoms with E-state index in [9.17, 15) is 0 Å². The third-order valence-corrected chi connectivity index (χ3v) is 4.71. The fourth-order valence-corrected chi connectivity index (χ4v) is 3.69. The van der Waals surface area contributed by atoms with Crippen LogP contribution in [0.25, 0.3) is 0 Å². The molecule has 25 heavy (non-hydrogen) atoms. The van der Waals surface area contributed by atoms with Crippen LogP contribution in [0.1, 0.15) is 45.1 Å². The minimum Gasteiger partial charge on any atom is -0.491 e. The van der Waals surface area contributed by atoms with E-state index in [2.05, 4.69) is 21.7 Å². The average molecular weight is 356 g/mol. The molecule has 2 N–H and O–H groups in total. The van der Waals surface area contributed by atoms with Gasteiger partial charge in [0.25, 0.3) is 0 Å². The predicted octanol–water partition coefficient (Wildman–Crippen LogP) is 4.62. The summed E-state index contributed by atoms with van der Waals surface area (Å²) in [4.78, 5) is 4.28. The molecule has 1 aliphatic rings. The highest BCUT2D eigenvalue weighted by Gasteiger charge is 2.36. The largest absolute Gasteiger partial charge is 0.491 e. The van der Waals surface area contributed by atoms with Gasteiger partial charge in [-0.3, -0.25) is 4.98 Å². The molecule has 1 heterocycles. The van der Waals surface area contributed by atoms with Gasteiger partial charge in [-0.1, -0.05) is 18.9 Å². The van der Waals surface area contributed by atoms with Crippen LogP contribution < -0.4 is 15.4 Å². The van der Waals surface area contributed by atoms with Gasteiger partial charge in [-0.2, -0.15) is 0 Å². The molecule has 132 valence electrons. The molecule has 0 amide bonds. The van der Waals surface area contributed by atoms with E-state index in [-0.39, 0.29) is 11.6 Å². The summed E-state index contributed by atoms with van der Waals surface area (Å²) in [5.41, 5.74) is 2.05. The molecule has 0 atom stereocenters.